The third kappa shape index (κ3) is 4.40. The molecule has 1 aliphatic rings. The van der Waals surface area contributed by atoms with E-state index >= 15 is 0 Å². The highest BCUT2D eigenvalue weighted by Crippen LogP contribution is 2.20. The second-order valence-electron chi connectivity index (χ2n) is 4.40. The number of urea groups is 1. The van der Waals surface area contributed by atoms with E-state index in [2.05, 4.69) is 5.32 Å². The van der Waals surface area contributed by atoms with Crippen molar-refractivity contribution in [1.29, 1.82) is 0 Å². The number of hydrogen-bond donors (Lipinski definition) is 3. The zero-order valence-corrected chi connectivity index (χ0v) is 10.8. The summed E-state index contributed by atoms with van der Waals surface area (Å²) in [5.74, 6) is -1.48. The van der Waals surface area contributed by atoms with Gasteiger partial charge < -0.3 is 25.8 Å². The van der Waals surface area contributed by atoms with Gasteiger partial charge in [0.05, 0.1) is 6.10 Å². The number of hydrogen-bond acceptors (Lipinski definition) is 4. The molecule has 0 radical (unpaired) electrons. The van der Waals surface area contributed by atoms with Gasteiger partial charge in [-0.25, -0.2) is 9.59 Å². The Balaban J connectivity index is 2.45. The van der Waals surface area contributed by atoms with Crippen LogP contribution in [0.4, 0.5) is 4.79 Å². The molecule has 0 aromatic heterocycles. The van der Waals surface area contributed by atoms with Crippen LogP contribution < -0.4 is 11.1 Å². The molecule has 1 rings (SSSR count). The summed E-state index contributed by atoms with van der Waals surface area (Å²) in [6, 6.07) is -1.34. The summed E-state index contributed by atoms with van der Waals surface area (Å²) >= 11 is 0. The molecular weight excluding hydrogens is 254 g/mol. The lowest BCUT2D eigenvalue weighted by atomic mass is 10.2. The summed E-state index contributed by atoms with van der Waals surface area (Å²) in [5, 5.41) is 11.6. The minimum absolute atomic E-state index is 0.184. The zero-order chi connectivity index (χ0) is 14.4. The standard InChI is InChI=1S/C11H19N3O5/c1-19-7-5-8(10(16)17)14(6-7)11(18)13-4-2-3-9(12)15/h7-8H,2-6H2,1H3,(H2,12,15)(H,13,18)(H,16,17). The monoisotopic (exact) mass is 273 g/mol. The molecule has 0 saturated carbocycles. The maximum atomic E-state index is 11.8. The Morgan fingerprint density at radius 2 is 2.16 bits per heavy atom. The Morgan fingerprint density at radius 1 is 1.47 bits per heavy atom. The van der Waals surface area contributed by atoms with Crippen LogP contribution in [0.15, 0.2) is 0 Å². The van der Waals surface area contributed by atoms with Crippen molar-refractivity contribution < 1.29 is 24.2 Å². The lowest BCUT2D eigenvalue weighted by Gasteiger charge is -2.21. The molecule has 19 heavy (non-hydrogen) atoms. The quantitative estimate of drug-likeness (QED) is 0.543. The van der Waals surface area contributed by atoms with E-state index in [4.69, 9.17) is 15.6 Å². The number of nitrogens with one attached hydrogen (secondary N) is 1. The third-order valence-electron chi connectivity index (χ3n) is 3.02. The molecule has 0 spiro atoms. The van der Waals surface area contributed by atoms with Crippen molar-refractivity contribution in [3.63, 3.8) is 0 Å². The van der Waals surface area contributed by atoms with E-state index in [0.717, 1.165) is 0 Å². The summed E-state index contributed by atoms with van der Waals surface area (Å²) in [4.78, 5) is 34.7. The van der Waals surface area contributed by atoms with E-state index < -0.39 is 23.9 Å². The number of ether oxygens (including phenoxy) is 1. The second kappa shape index (κ2) is 6.93. The van der Waals surface area contributed by atoms with Crippen LogP contribution in [0, 0.1) is 0 Å². The van der Waals surface area contributed by atoms with Crippen LogP contribution in [0.1, 0.15) is 19.3 Å². The summed E-state index contributed by atoms with van der Waals surface area (Å²) in [5.41, 5.74) is 4.97. The predicted molar refractivity (Wildman–Crippen MR) is 65.4 cm³/mol. The first-order valence-electron chi connectivity index (χ1n) is 6.04. The molecule has 0 bridgehead atoms. The lowest BCUT2D eigenvalue weighted by molar-refractivity contribution is -0.141. The van der Waals surface area contributed by atoms with Gasteiger partial charge in [0.15, 0.2) is 0 Å². The Kier molecular flexibility index (Phi) is 5.56. The molecule has 8 heteroatoms. The van der Waals surface area contributed by atoms with Crippen molar-refractivity contribution in [2.75, 3.05) is 20.2 Å². The number of aliphatic carboxylic acids is 1. The fraction of sp³-hybridized carbons (Fsp3) is 0.727. The molecule has 4 N–H and O–H groups in total. The van der Waals surface area contributed by atoms with Crippen LogP contribution in [0.2, 0.25) is 0 Å². The smallest absolute Gasteiger partial charge is 0.326 e. The van der Waals surface area contributed by atoms with E-state index in [9.17, 15) is 14.4 Å². The first-order valence-corrected chi connectivity index (χ1v) is 6.04. The molecule has 1 heterocycles. The fourth-order valence-corrected chi connectivity index (χ4v) is 1.99. The lowest BCUT2D eigenvalue weighted by Crippen LogP contribution is -2.46. The van der Waals surface area contributed by atoms with Gasteiger partial charge in [0.25, 0.3) is 0 Å². The van der Waals surface area contributed by atoms with E-state index in [1.54, 1.807) is 0 Å². The zero-order valence-electron chi connectivity index (χ0n) is 10.8. The van der Waals surface area contributed by atoms with Gasteiger partial charge in [-0.15, -0.1) is 0 Å². The molecule has 2 unspecified atom stereocenters. The molecule has 0 aromatic rings. The Hall–Kier alpha value is -1.83. The van der Waals surface area contributed by atoms with Crippen LogP contribution >= 0.6 is 0 Å². The molecule has 1 aliphatic heterocycles. The van der Waals surface area contributed by atoms with Crippen LogP contribution in [0.3, 0.4) is 0 Å². The van der Waals surface area contributed by atoms with Crippen LogP contribution in [-0.2, 0) is 14.3 Å². The van der Waals surface area contributed by atoms with Gasteiger partial charge in [-0.05, 0) is 6.42 Å². The molecule has 3 amide bonds. The van der Waals surface area contributed by atoms with Gasteiger partial charge in [-0.3, -0.25) is 4.79 Å². The highest BCUT2D eigenvalue weighted by Gasteiger charge is 2.39. The van der Waals surface area contributed by atoms with Crippen LogP contribution in [-0.4, -0.2) is 60.3 Å². The number of methoxy groups -OCH3 is 1. The number of nitrogens with two attached hydrogens (primary N) is 1. The van der Waals surface area contributed by atoms with E-state index in [1.807, 2.05) is 0 Å². The maximum Gasteiger partial charge on any atom is 0.326 e. The van der Waals surface area contributed by atoms with Gasteiger partial charge >= 0.3 is 12.0 Å². The van der Waals surface area contributed by atoms with Gasteiger partial charge in [0, 0.05) is 33.0 Å². The van der Waals surface area contributed by atoms with Crippen molar-refractivity contribution in [3.8, 4) is 0 Å². The first-order chi connectivity index (χ1) is 8.95. The van der Waals surface area contributed by atoms with Crippen molar-refractivity contribution >= 4 is 17.9 Å². The number of nitrogens with zero attached hydrogens (tertiary/aromatic N) is 1. The summed E-state index contributed by atoms with van der Waals surface area (Å²) < 4.78 is 5.08. The third-order valence-corrected chi connectivity index (χ3v) is 3.02. The Bertz CT molecular complexity index is 360. The molecule has 1 fully saturated rings. The normalized spacial score (nSPS) is 22.3. The largest absolute Gasteiger partial charge is 0.480 e. The van der Waals surface area contributed by atoms with Crippen molar-refractivity contribution in [2.24, 2.45) is 5.73 Å². The average molecular weight is 273 g/mol. The first kappa shape index (κ1) is 15.2. The predicted octanol–water partition coefficient (Wildman–Crippen LogP) is -0.865. The summed E-state index contributed by atoms with van der Waals surface area (Å²) in [6.45, 7) is 0.525. The average Bonchev–Trinajstić information content (AvgIpc) is 2.78. The minimum atomic E-state index is -1.05. The molecule has 1 saturated heterocycles. The molecule has 2 atom stereocenters. The molecule has 108 valence electrons. The number of carbonyl (C=O) groups excluding carboxylic acids is 2. The van der Waals surface area contributed by atoms with Crippen molar-refractivity contribution in [2.45, 2.75) is 31.4 Å². The van der Waals surface area contributed by atoms with Gasteiger partial charge in [-0.2, -0.15) is 0 Å². The highest BCUT2D eigenvalue weighted by molar-refractivity contribution is 5.83. The number of carboxylic acid groups (broad SMARTS) is 1. The van der Waals surface area contributed by atoms with Gasteiger partial charge in [0.1, 0.15) is 6.04 Å². The topological polar surface area (TPSA) is 122 Å². The fourth-order valence-electron chi connectivity index (χ4n) is 1.99. The van der Waals surface area contributed by atoms with Crippen molar-refractivity contribution in [3.05, 3.63) is 0 Å². The van der Waals surface area contributed by atoms with Crippen molar-refractivity contribution in [1.82, 2.24) is 10.2 Å². The second-order valence-corrected chi connectivity index (χ2v) is 4.40. The van der Waals surface area contributed by atoms with E-state index in [1.165, 1.54) is 12.0 Å². The SMILES string of the molecule is COC1CC(C(=O)O)N(C(=O)NCCCC(N)=O)C1. The van der Waals surface area contributed by atoms with Crippen LogP contribution in [0.5, 0.6) is 0 Å². The minimum Gasteiger partial charge on any atom is -0.480 e. The number of amides is 3. The summed E-state index contributed by atoms with van der Waals surface area (Å²) in [6.07, 6.45) is 0.627. The number of rotatable bonds is 6. The Labute approximate surface area is 110 Å². The Morgan fingerprint density at radius 3 is 2.68 bits per heavy atom. The molecule has 0 aliphatic carbocycles. The van der Waals surface area contributed by atoms with E-state index in [-0.39, 0.29) is 32.0 Å². The van der Waals surface area contributed by atoms with E-state index in [0.29, 0.717) is 6.42 Å². The molecule has 0 aromatic carbocycles. The van der Waals surface area contributed by atoms with Gasteiger partial charge in [0.2, 0.25) is 5.91 Å². The van der Waals surface area contributed by atoms with Crippen LogP contribution in [0.25, 0.3) is 0 Å². The molecular formula is C11H19N3O5. The van der Waals surface area contributed by atoms with Gasteiger partial charge in [-0.1, -0.05) is 0 Å². The number of carbonyl (C=O) groups is 3. The number of carboxylic acids is 1. The number of primary amides is 1. The maximum absolute atomic E-state index is 11.8. The number of likely N-dealkylation sites (tertiary alicyclic amines) is 1. The highest BCUT2D eigenvalue weighted by atomic mass is 16.5. The summed E-state index contributed by atoms with van der Waals surface area (Å²) in [7, 11) is 1.48. The molecule has 8 nitrogen and oxygen atoms in total.